The maximum absolute atomic E-state index is 10.5. The van der Waals surface area contributed by atoms with Crippen LogP contribution in [0.3, 0.4) is 0 Å². The van der Waals surface area contributed by atoms with E-state index in [0.717, 1.165) is 12.1 Å². The fraction of sp³-hybridized carbons (Fsp3) is 0. The molecule has 0 bridgehead atoms. The van der Waals surface area contributed by atoms with Crippen LogP contribution in [0.1, 0.15) is 0 Å². The molecule has 0 atom stereocenters. The third-order valence-corrected chi connectivity index (χ3v) is 2.13. The van der Waals surface area contributed by atoms with Crippen molar-refractivity contribution in [3.05, 3.63) is 39.8 Å². The zero-order chi connectivity index (χ0) is 10.8. The molecule has 0 unspecified atom stereocenters. The van der Waals surface area contributed by atoms with Gasteiger partial charge < -0.3 is 9.98 Å². The van der Waals surface area contributed by atoms with Crippen molar-refractivity contribution in [2.45, 2.75) is 4.90 Å². The molecule has 0 aromatic heterocycles. The summed E-state index contributed by atoms with van der Waals surface area (Å²) in [6.45, 7) is 0. The predicted octanol–water partition coefficient (Wildman–Crippen LogP) is -5.20. The van der Waals surface area contributed by atoms with Crippen molar-refractivity contribution in [3.63, 3.8) is 0 Å². The number of hydrogen-bond donors (Lipinski definition) is 0. The fourth-order valence-corrected chi connectivity index (χ4v) is 1.31. The van der Waals surface area contributed by atoms with Gasteiger partial charge in [-0.2, -0.15) is 0 Å². The van der Waals surface area contributed by atoms with Crippen molar-refractivity contribution in [3.8, 4) is 0 Å². The quantitative estimate of drug-likeness (QED) is 0.292. The van der Waals surface area contributed by atoms with E-state index in [1.165, 1.54) is 12.1 Å². The van der Waals surface area contributed by atoms with E-state index in [1.54, 1.807) is 0 Å². The first-order valence-corrected chi connectivity index (χ1v) is 4.72. The van der Waals surface area contributed by atoms with Gasteiger partial charge in [-0.3, -0.25) is 10.1 Å². The van der Waals surface area contributed by atoms with Gasteiger partial charge in [0.2, 0.25) is 0 Å². The molecular weight excluding hydrogens is 383 g/mol. The van der Waals surface area contributed by atoms with Crippen LogP contribution in [0, 0.1) is 10.1 Å². The topological polar surface area (TPSA) is 114 Å². The molecule has 0 saturated heterocycles. The summed E-state index contributed by atoms with van der Waals surface area (Å²) in [7, 11) is -4.59. The molecule has 0 aliphatic carbocycles. The number of nitro groups is 1. The van der Waals surface area contributed by atoms with Gasteiger partial charge in [-0.05, 0) is 11.1 Å². The largest absolute Gasteiger partial charge is 1.00 e. The van der Waals surface area contributed by atoms with Crippen molar-refractivity contribution >= 4 is 15.8 Å². The summed E-state index contributed by atoms with van der Waals surface area (Å²) in [5, 5.41) is 8.97. The van der Waals surface area contributed by atoms with Crippen molar-refractivity contribution in [2.75, 3.05) is 0 Å². The molecule has 10 heteroatoms. The first-order valence-electron chi connectivity index (χ1n) is 3.31. The summed E-state index contributed by atoms with van der Waals surface area (Å²) in [6, 6.07) is 4.30. The Hall–Kier alpha value is 1.94. The van der Waals surface area contributed by atoms with E-state index in [2.05, 4.69) is 5.43 Å². The molecule has 0 fully saturated rings. The molecule has 0 amide bonds. The second kappa shape index (κ2) is 8.94. The SMILES string of the molecule is O=[N+]([O-])[N-]c1cccc(S(=O)(=O)[O-])c1.[Rb+].[Rb+]. The number of hydrogen-bond acceptors (Lipinski definition) is 5. The van der Waals surface area contributed by atoms with Crippen LogP contribution >= 0.6 is 0 Å². The van der Waals surface area contributed by atoms with Gasteiger partial charge in [0.15, 0.2) is 0 Å². The second-order valence-electron chi connectivity index (χ2n) is 2.29. The van der Waals surface area contributed by atoms with Crippen LogP contribution in [-0.4, -0.2) is 18.0 Å². The van der Waals surface area contributed by atoms with Crippen molar-refractivity contribution in [1.29, 1.82) is 0 Å². The Morgan fingerprint density at radius 2 is 1.81 bits per heavy atom. The van der Waals surface area contributed by atoms with Crippen LogP contribution in [0.15, 0.2) is 29.2 Å². The van der Waals surface area contributed by atoms with Crippen LogP contribution < -0.4 is 116 Å². The first-order chi connectivity index (χ1) is 6.39. The van der Waals surface area contributed by atoms with Gasteiger partial charge in [-0.1, -0.05) is 23.9 Å². The third-order valence-electron chi connectivity index (χ3n) is 1.30. The molecule has 0 saturated carbocycles. The Labute approximate surface area is 190 Å². The van der Waals surface area contributed by atoms with Gasteiger partial charge in [0, 0.05) is 0 Å². The smallest absolute Gasteiger partial charge is 0.744 e. The number of nitrogens with zero attached hydrogens (tertiary/aromatic N) is 2. The molecule has 0 radical (unpaired) electrons. The van der Waals surface area contributed by atoms with Crippen LogP contribution in [0.5, 0.6) is 0 Å². The van der Waals surface area contributed by atoms with Crippen LogP contribution in [0.4, 0.5) is 5.69 Å². The summed E-state index contributed by atoms with van der Waals surface area (Å²) in [5.74, 6) is 0. The molecule has 7 nitrogen and oxygen atoms in total. The molecule has 0 aliphatic heterocycles. The van der Waals surface area contributed by atoms with Crippen LogP contribution in [-0.2, 0) is 10.1 Å². The zero-order valence-corrected chi connectivity index (χ0v) is 19.3. The Morgan fingerprint density at radius 1 is 1.25 bits per heavy atom. The van der Waals surface area contributed by atoms with Crippen LogP contribution in [0.25, 0.3) is 5.43 Å². The minimum atomic E-state index is -4.59. The zero-order valence-electron chi connectivity index (χ0n) is 8.65. The molecule has 76 valence electrons. The van der Waals surface area contributed by atoms with Crippen LogP contribution in [0.2, 0.25) is 0 Å². The number of benzene rings is 1. The minimum Gasteiger partial charge on any atom is -0.744 e. The van der Waals surface area contributed by atoms with E-state index in [9.17, 15) is 23.1 Å². The maximum atomic E-state index is 10.5. The van der Waals surface area contributed by atoms with E-state index in [1.807, 2.05) is 0 Å². The standard InChI is InChI=1S/C6H5N2O5S.2Rb/c9-8(10)7-5-2-1-3-6(4-5)14(11,12)13;;/h1-4H,(H,11,12,13);;/q-1;2*+1/p-1. The summed E-state index contributed by atoms with van der Waals surface area (Å²) in [4.78, 5) is 9.40. The average molecular weight is 387 g/mol. The molecule has 0 N–H and O–H groups in total. The molecule has 1 aromatic carbocycles. The van der Waals surface area contributed by atoms with Gasteiger partial charge in [0.1, 0.15) is 10.1 Å². The number of rotatable bonds is 3. The van der Waals surface area contributed by atoms with E-state index < -0.39 is 20.0 Å². The maximum Gasteiger partial charge on any atom is 1.00 e. The molecule has 0 spiro atoms. The van der Waals surface area contributed by atoms with Gasteiger partial charge in [-0.15, -0.1) is 0 Å². The third kappa shape index (κ3) is 7.39. The Morgan fingerprint density at radius 3 is 2.25 bits per heavy atom. The molecule has 0 aliphatic rings. The van der Waals surface area contributed by atoms with Gasteiger partial charge in [0.05, 0.1) is 4.90 Å². The Kier molecular flexibility index (Phi) is 11.3. The Bertz CT molecular complexity index is 464. The van der Waals surface area contributed by atoms with E-state index in [0.29, 0.717) is 0 Å². The van der Waals surface area contributed by atoms with Crippen molar-refractivity contribution in [2.24, 2.45) is 0 Å². The van der Waals surface area contributed by atoms with Crippen molar-refractivity contribution < 1.29 is 134 Å². The van der Waals surface area contributed by atoms with Gasteiger partial charge >= 0.3 is 116 Å². The molecule has 0 heterocycles. The molecule has 1 aromatic rings. The summed E-state index contributed by atoms with van der Waals surface area (Å²) in [6.07, 6.45) is 0. The monoisotopic (exact) mass is 386 g/mol. The van der Waals surface area contributed by atoms with E-state index in [-0.39, 0.29) is 122 Å². The normalized spacial score (nSPS) is 9.56. The predicted molar refractivity (Wildman–Crippen MR) is 44.4 cm³/mol. The Balaban J connectivity index is 0. The van der Waals surface area contributed by atoms with Crippen molar-refractivity contribution in [1.82, 2.24) is 0 Å². The van der Waals surface area contributed by atoms with E-state index in [4.69, 9.17) is 0 Å². The van der Waals surface area contributed by atoms with Gasteiger partial charge in [0.25, 0.3) is 0 Å². The first kappa shape index (κ1) is 20.3. The fourth-order valence-electron chi connectivity index (χ4n) is 0.796. The molecule has 16 heavy (non-hydrogen) atoms. The second-order valence-corrected chi connectivity index (χ2v) is 3.67. The summed E-state index contributed by atoms with van der Waals surface area (Å²) >= 11 is 0. The minimum absolute atomic E-state index is 0. The average Bonchev–Trinajstić information content (AvgIpc) is 2.01. The molecule has 1 rings (SSSR count). The van der Waals surface area contributed by atoms with E-state index >= 15 is 0 Å². The molecular formula is C6H4N2O5Rb2S. The summed E-state index contributed by atoms with van der Waals surface area (Å²) < 4.78 is 31.5. The summed E-state index contributed by atoms with van der Waals surface area (Å²) in [5.41, 5.74) is 2.66. The van der Waals surface area contributed by atoms with Gasteiger partial charge in [-0.25, -0.2) is 8.42 Å².